The number of aryl methyl sites for hydroxylation is 1. The first-order chi connectivity index (χ1) is 11.2. The molecule has 0 bridgehead atoms. The standard InChI is InChI=1S/C17H21N5O/c1-13-6-8-19-17(21-13)22-9-3-5-15(12-22)16(23)20-11-14-4-2-7-18-10-14/h2,4,6-8,10,15H,3,5,9,11-12H2,1H3,(H,20,23). The van der Waals surface area contributed by atoms with Crippen LogP contribution in [0.4, 0.5) is 5.95 Å². The third kappa shape index (κ3) is 4.03. The highest BCUT2D eigenvalue weighted by molar-refractivity contribution is 5.79. The van der Waals surface area contributed by atoms with Gasteiger partial charge >= 0.3 is 0 Å². The highest BCUT2D eigenvalue weighted by Crippen LogP contribution is 2.20. The number of hydrogen-bond donors (Lipinski definition) is 1. The van der Waals surface area contributed by atoms with Gasteiger partial charge in [0.05, 0.1) is 5.92 Å². The predicted octanol–water partition coefficient (Wildman–Crippen LogP) is 1.71. The number of pyridine rings is 1. The maximum absolute atomic E-state index is 12.4. The van der Waals surface area contributed by atoms with Crippen LogP contribution in [-0.2, 0) is 11.3 Å². The van der Waals surface area contributed by atoms with Gasteiger partial charge in [-0.25, -0.2) is 9.97 Å². The summed E-state index contributed by atoms with van der Waals surface area (Å²) >= 11 is 0. The van der Waals surface area contributed by atoms with Gasteiger partial charge in [0.15, 0.2) is 0 Å². The van der Waals surface area contributed by atoms with E-state index in [1.54, 1.807) is 18.6 Å². The lowest BCUT2D eigenvalue weighted by Crippen LogP contribution is -2.43. The Hall–Kier alpha value is -2.50. The second-order valence-electron chi connectivity index (χ2n) is 5.86. The molecule has 6 heteroatoms. The molecule has 3 heterocycles. The molecule has 1 fully saturated rings. The average molecular weight is 311 g/mol. The molecule has 1 aliphatic rings. The largest absolute Gasteiger partial charge is 0.352 e. The van der Waals surface area contributed by atoms with Gasteiger partial charge in [-0.05, 0) is 37.5 Å². The van der Waals surface area contributed by atoms with E-state index in [1.807, 2.05) is 25.1 Å². The second-order valence-corrected chi connectivity index (χ2v) is 5.86. The number of nitrogens with one attached hydrogen (secondary N) is 1. The minimum absolute atomic E-state index is 0.0236. The minimum Gasteiger partial charge on any atom is -0.352 e. The molecular weight excluding hydrogens is 290 g/mol. The van der Waals surface area contributed by atoms with E-state index in [1.165, 1.54) is 0 Å². The monoisotopic (exact) mass is 311 g/mol. The summed E-state index contributed by atoms with van der Waals surface area (Å²) in [7, 11) is 0. The van der Waals surface area contributed by atoms with Gasteiger partial charge < -0.3 is 10.2 Å². The summed E-state index contributed by atoms with van der Waals surface area (Å²) in [6.45, 7) is 4.04. The van der Waals surface area contributed by atoms with Gasteiger partial charge in [-0.1, -0.05) is 6.07 Å². The Balaban J connectivity index is 1.58. The zero-order chi connectivity index (χ0) is 16.1. The fourth-order valence-electron chi connectivity index (χ4n) is 2.80. The Morgan fingerprint density at radius 1 is 1.39 bits per heavy atom. The Morgan fingerprint density at radius 3 is 3.09 bits per heavy atom. The zero-order valence-electron chi connectivity index (χ0n) is 13.3. The maximum atomic E-state index is 12.4. The molecule has 2 aromatic rings. The highest BCUT2D eigenvalue weighted by Gasteiger charge is 2.26. The van der Waals surface area contributed by atoms with Crippen molar-refractivity contribution >= 4 is 11.9 Å². The number of carbonyl (C=O) groups excluding carboxylic acids is 1. The second kappa shape index (κ2) is 7.17. The molecule has 0 radical (unpaired) electrons. The lowest BCUT2D eigenvalue weighted by atomic mass is 9.97. The number of aromatic nitrogens is 3. The van der Waals surface area contributed by atoms with E-state index in [-0.39, 0.29) is 11.8 Å². The van der Waals surface area contributed by atoms with E-state index in [0.29, 0.717) is 13.1 Å². The summed E-state index contributed by atoms with van der Waals surface area (Å²) in [4.78, 5) is 27.4. The van der Waals surface area contributed by atoms with Crippen molar-refractivity contribution in [1.29, 1.82) is 0 Å². The van der Waals surface area contributed by atoms with Crippen molar-refractivity contribution in [2.24, 2.45) is 5.92 Å². The first-order valence-electron chi connectivity index (χ1n) is 7.93. The minimum atomic E-state index is -0.0236. The molecule has 0 spiro atoms. The summed E-state index contributed by atoms with van der Waals surface area (Å²) in [6, 6.07) is 5.71. The van der Waals surface area contributed by atoms with Gasteiger partial charge in [0.1, 0.15) is 0 Å². The van der Waals surface area contributed by atoms with E-state index < -0.39 is 0 Å². The molecule has 3 rings (SSSR count). The quantitative estimate of drug-likeness (QED) is 0.931. The Labute approximate surface area is 136 Å². The SMILES string of the molecule is Cc1ccnc(N2CCCC(C(=O)NCc3cccnc3)C2)n1. The van der Waals surface area contributed by atoms with E-state index in [4.69, 9.17) is 0 Å². The molecule has 1 aliphatic heterocycles. The van der Waals surface area contributed by atoms with Crippen molar-refractivity contribution in [3.05, 3.63) is 48.0 Å². The molecule has 1 unspecified atom stereocenters. The number of anilines is 1. The fraction of sp³-hybridized carbons (Fsp3) is 0.412. The summed E-state index contributed by atoms with van der Waals surface area (Å²) in [6.07, 6.45) is 7.15. The zero-order valence-corrected chi connectivity index (χ0v) is 13.3. The molecule has 23 heavy (non-hydrogen) atoms. The summed E-state index contributed by atoms with van der Waals surface area (Å²) < 4.78 is 0. The van der Waals surface area contributed by atoms with E-state index >= 15 is 0 Å². The number of hydrogen-bond acceptors (Lipinski definition) is 5. The van der Waals surface area contributed by atoms with Crippen LogP contribution < -0.4 is 10.2 Å². The molecule has 2 aromatic heterocycles. The fourth-order valence-corrected chi connectivity index (χ4v) is 2.80. The van der Waals surface area contributed by atoms with Crippen LogP contribution in [0.5, 0.6) is 0 Å². The highest BCUT2D eigenvalue weighted by atomic mass is 16.1. The molecule has 120 valence electrons. The number of amides is 1. The van der Waals surface area contributed by atoms with E-state index in [2.05, 4.69) is 25.2 Å². The van der Waals surface area contributed by atoms with Gasteiger partial charge in [-0.15, -0.1) is 0 Å². The Kier molecular flexibility index (Phi) is 4.80. The topological polar surface area (TPSA) is 71.0 Å². The van der Waals surface area contributed by atoms with Crippen LogP contribution in [0, 0.1) is 12.8 Å². The van der Waals surface area contributed by atoms with Crippen LogP contribution in [0.15, 0.2) is 36.8 Å². The van der Waals surface area contributed by atoms with Gasteiger partial charge in [0.25, 0.3) is 0 Å². The smallest absolute Gasteiger partial charge is 0.225 e. The van der Waals surface area contributed by atoms with Crippen LogP contribution in [0.2, 0.25) is 0 Å². The van der Waals surface area contributed by atoms with Crippen LogP contribution in [-0.4, -0.2) is 33.9 Å². The van der Waals surface area contributed by atoms with Crippen LogP contribution in [0.1, 0.15) is 24.1 Å². The molecule has 1 amide bonds. The van der Waals surface area contributed by atoms with Crippen LogP contribution >= 0.6 is 0 Å². The molecule has 1 saturated heterocycles. The molecule has 1 N–H and O–H groups in total. The third-order valence-corrected chi connectivity index (χ3v) is 4.05. The number of carbonyl (C=O) groups is 1. The van der Waals surface area contributed by atoms with Gasteiger partial charge in [0.2, 0.25) is 11.9 Å². The van der Waals surface area contributed by atoms with Gasteiger partial charge in [-0.3, -0.25) is 9.78 Å². The number of piperidine rings is 1. The van der Waals surface area contributed by atoms with Crippen LogP contribution in [0.25, 0.3) is 0 Å². The summed E-state index contributed by atoms with van der Waals surface area (Å²) in [5.41, 5.74) is 1.95. The van der Waals surface area contributed by atoms with Gasteiger partial charge in [0, 0.05) is 43.9 Å². The van der Waals surface area contributed by atoms with Crippen molar-refractivity contribution in [3.63, 3.8) is 0 Å². The normalized spacial score (nSPS) is 17.8. The average Bonchev–Trinajstić information content (AvgIpc) is 2.61. The maximum Gasteiger partial charge on any atom is 0.225 e. The summed E-state index contributed by atoms with van der Waals surface area (Å²) in [5, 5.41) is 3.01. The molecular formula is C17H21N5O. The molecule has 1 atom stereocenters. The molecule has 0 saturated carbocycles. The van der Waals surface area contributed by atoms with Crippen molar-refractivity contribution in [2.75, 3.05) is 18.0 Å². The number of nitrogens with zero attached hydrogens (tertiary/aromatic N) is 4. The Bertz CT molecular complexity index is 661. The van der Waals surface area contributed by atoms with Crippen molar-refractivity contribution in [1.82, 2.24) is 20.3 Å². The predicted molar refractivity (Wildman–Crippen MR) is 87.8 cm³/mol. The molecule has 0 aliphatic carbocycles. The first-order valence-corrected chi connectivity index (χ1v) is 7.93. The molecule has 0 aromatic carbocycles. The van der Waals surface area contributed by atoms with Gasteiger partial charge in [-0.2, -0.15) is 0 Å². The van der Waals surface area contributed by atoms with Crippen molar-refractivity contribution in [3.8, 4) is 0 Å². The third-order valence-electron chi connectivity index (χ3n) is 4.05. The Morgan fingerprint density at radius 2 is 2.30 bits per heavy atom. The van der Waals surface area contributed by atoms with Crippen molar-refractivity contribution in [2.45, 2.75) is 26.3 Å². The summed E-state index contributed by atoms with van der Waals surface area (Å²) in [5.74, 6) is 0.783. The van der Waals surface area contributed by atoms with E-state index in [0.717, 1.165) is 36.6 Å². The van der Waals surface area contributed by atoms with Crippen molar-refractivity contribution < 1.29 is 4.79 Å². The number of rotatable bonds is 4. The lowest BCUT2D eigenvalue weighted by Gasteiger charge is -2.32. The first kappa shape index (κ1) is 15.4. The molecule has 6 nitrogen and oxygen atoms in total. The van der Waals surface area contributed by atoms with E-state index in [9.17, 15) is 4.79 Å². The van der Waals surface area contributed by atoms with Crippen LogP contribution in [0.3, 0.4) is 0 Å². The lowest BCUT2D eigenvalue weighted by molar-refractivity contribution is -0.125.